The number of rotatable bonds is 4. The molecular weight excluding hydrogens is 284 g/mol. The molecule has 0 unspecified atom stereocenters. The van der Waals surface area contributed by atoms with Crippen molar-refractivity contribution in [1.82, 2.24) is 9.97 Å². The lowest BCUT2D eigenvalue weighted by Gasteiger charge is -2.04. The van der Waals surface area contributed by atoms with Crippen molar-refractivity contribution in [3.63, 3.8) is 0 Å². The zero-order valence-corrected chi connectivity index (χ0v) is 13.2. The van der Waals surface area contributed by atoms with Crippen molar-refractivity contribution >= 4 is 22.9 Å². The van der Waals surface area contributed by atoms with Gasteiger partial charge in [0.15, 0.2) is 0 Å². The average Bonchev–Trinajstić information content (AvgIpc) is 2.59. The van der Waals surface area contributed by atoms with E-state index in [1.807, 2.05) is 42.5 Å². The number of ketones is 1. The van der Waals surface area contributed by atoms with Crippen LogP contribution in [-0.4, -0.2) is 15.8 Å². The Labute approximate surface area is 135 Å². The van der Waals surface area contributed by atoms with Crippen LogP contribution in [0.3, 0.4) is 0 Å². The number of aromatic nitrogens is 2. The Morgan fingerprint density at radius 3 is 2.39 bits per heavy atom. The molecular formula is C20H18N2O. The first-order chi connectivity index (χ1) is 11.1. The van der Waals surface area contributed by atoms with Gasteiger partial charge in [-0.2, -0.15) is 0 Å². The minimum Gasteiger partial charge on any atom is -0.287 e. The normalized spacial score (nSPS) is 11.4. The molecule has 0 radical (unpaired) electrons. The summed E-state index contributed by atoms with van der Waals surface area (Å²) in [7, 11) is 0. The highest BCUT2D eigenvalue weighted by Crippen LogP contribution is 2.15. The van der Waals surface area contributed by atoms with Crippen LogP contribution in [0.2, 0.25) is 0 Å². The van der Waals surface area contributed by atoms with Crippen LogP contribution in [-0.2, 0) is 0 Å². The quantitative estimate of drug-likeness (QED) is 0.520. The number of benzene rings is 2. The van der Waals surface area contributed by atoms with Crippen molar-refractivity contribution in [3.05, 3.63) is 77.6 Å². The minimum absolute atomic E-state index is 0.142. The van der Waals surface area contributed by atoms with Crippen molar-refractivity contribution in [1.29, 1.82) is 0 Å². The molecule has 0 N–H and O–H groups in total. The average molecular weight is 302 g/mol. The van der Waals surface area contributed by atoms with Gasteiger partial charge in [-0.25, -0.2) is 4.98 Å². The van der Waals surface area contributed by atoms with E-state index in [4.69, 9.17) is 0 Å². The summed E-state index contributed by atoms with van der Waals surface area (Å²) >= 11 is 0. The van der Waals surface area contributed by atoms with Gasteiger partial charge in [0.05, 0.1) is 17.2 Å². The smallest absolute Gasteiger partial charge is 0.205 e. The summed E-state index contributed by atoms with van der Waals surface area (Å²) < 4.78 is 0. The Kier molecular flexibility index (Phi) is 4.29. The van der Waals surface area contributed by atoms with Crippen LogP contribution in [0, 0.1) is 0 Å². The molecule has 1 aromatic heterocycles. The second kappa shape index (κ2) is 6.53. The van der Waals surface area contributed by atoms with E-state index < -0.39 is 0 Å². The van der Waals surface area contributed by atoms with E-state index in [-0.39, 0.29) is 5.78 Å². The predicted molar refractivity (Wildman–Crippen MR) is 93.4 cm³/mol. The molecule has 0 saturated carbocycles. The van der Waals surface area contributed by atoms with Gasteiger partial charge in [0.2, 0.25) is 5.78 Å². The molecule has 0 amide bonds. The maximum Gasteiger partial charge on any atom is 0.205 e. The number of nitrogens with zero attached hydrogens (tertiary/aromatic N) is 2. The van der Waals surface area contributed by atoms with E-state index in [1.54, 1.807) is 6.08 Å². The number of hydrogen-bond acceptors (Lipinski definition) is 3. The van der Waals surface area contributed by atoms with Crippen molar-refractivity contribution in [2.75, 3.05) is 0 Å². The van der Waals surface area contributed by atoms with Gasteiger partial charge in [0, 0.05) is 0 Å². The van der Waals surface area contributed by atoms with Gasteiger partial charge in [-0.3, -0.25) is 9.78 Å². The molecule has 3 nitrogen and oxygen atoms in total. The molecule has 23 heavy (non-hydrogen) atoms. The first kappa shape index (κ1) is 15.1. The fraction of sp³-hybridized carbons (Fsp3) is 0.150. The van der Waals surface area contributed by atoms with Gasteiger partial charge in [-0.15, -0.1) is 0 Å². The molecule has 0 atom stereocenters. The SMILES string of the molecule is CC(C)c1ccc(/C=C/C(=O)c2cnc3ccccc3n2)cc1. The van der Waals surface area contributed by atoms with Crippen LogP contribution in [0.1, 0.15) is 41.4 Å². The summed E-state index contributed by atoms with van der Waals surface area (Å²) in [4.78, 5) is 20.9. The molecule has 0 aliphatic rings. The van der Waals surface area contributed by atoms with E-state index in [0.29, 0.717) is 11.6 Å². The van der Waals surface area contributed by atoms with Gasteiger partial charge in [0.25, 0.3) is 0 Å². The Hall–Kier alpha value is -2.81. The van der Waals surface area contributed by atoms with Gasteiger partial charge in [0.1, 0.15) is 5.69 Å². The number of para-hydroxylation sites is 2. The highest BCUT2D eigenvalue weighted by molar-refractivity contribution is 6.06. The number of carbonyl (C=O) groups is 1. The highest BCUT2D eigenvalue weighted by atomic mass is 16.1. The topological polar surface area (TPSA) is 42.9 Å². The number of hydrogen-bond donors (Lipinski definition) is 0. The zero-order valence-electron chi connectivity index (χ0n) is 13.2. The number of fused-ring (bicyclic) bond motifs is 1. The lowest BCUT2D eigenvalue weighted by molar-refractivity contribution is 0.104. The summed E-state index contributed by atoms with van der Waals surface area (Å²) in [6.45, 7) is 4.32. The molecule has 0 aliphatic heterocycles. The zero-order chi connectivity index (χ0) is 16.2. The molecule has 114 valence electrons. The third kappa shape index (κ3) is 3.51. The summed E-state index contributed by atoms with van der Waals surface area (Å²) in [6, 6.07) is 15.7. The fourth-order valence-electron chi connectivity index (χ4n) is 2.33. The van der Waals surface area contributed by atoms with Crippen LogP contribution in [0.15, 0.2) is 60.8 Å². The maximum absolute atomic E-state index is 12.2. The van der Waals surface area contributed by atoms with Crippen molar-refractivity contribution in [2.24, 2.45) is 0 Å². The molecule has 1 heterocycles. The van der Waals surface area contributed by atoms with Crippen molar-refractivity contribution < 1.29 is 4.79 Å². The Morgan fingerprint density at radius 2 is 1.70 bits per heavy atom. The molecule has 0 bridgehead atoms. The first-order valence-electron chi connectivity index (χ1n) is 7.67. The van der Waals surface area contributed by atoms with Crippen molar-refractivity contribution in [3.8, 4) is 0 Å². The van der Waals surface area contributed by atoms with E-state index in [9.17, 15) is 4.79 Å². The second-order valence-electron chi connectivity index (χ2n) is 5.76. The minimum atomic E-state index is -0.142. The summed E-state index contributed by atoms with van der Waals surface area (Å²) in [5, 5.41) is 0. The van der Waals surface area contributed by atoms with E-state index >= 15 is 0 Å². The Balaban J connectivity index is 1.79. The number of carbonyl (C=O) groups excluding carboxylic acids is 1. The van der Waals surface area contributed by atoms with Crippen LogP contribution in [0.5, 0.6) is 0 Å². The standard InChI is InChI=1S/C20H18N2O/c1-14(2)16-10-7-15(8-11-16)9-12-20(23)19-13-21-17-5-3-4-6-18(17)22-19/h3-14H,1-2H3/b12-9+. The van der Waals surface area contributed by atoms with Crippen LogP contribution < -0.4 is 0 Å². The molecule has 3 heteroatoms. The highest BCUT2D eigenvalue weighted by Gasteiger charge is 2.06. The van der Waals surface area contributed by atoms with E-state index in [1.165, 1.54) is 11.8 Å². The van der Waals surface area contributed by atoms with Gasteiger partial charge in [-0.05, 0) is 35.3 Å². The van der Waals surface area contributed by atoms with E-state index in [2.05, 4.69) is 35.9 Å². The molecule has 3 rings (SSSR count). The Bertz CT molecular complexity index is 864. The third-order valence-electron chi connectivity index (χ3n) is 3.73. The predicted octanol–water partition coefficient (Wildman–Crippen LogP) is 4.65. The molecule has 0 aliphatic carbocycles. The number of allylic oxidation sites excluding steroid dienone is 1. The monoisotopic (exact) mass is 302 g/mol. The second-order valence-corrected chi connectivity index (χ2v) is 5.76. The maximum atomic E-state index is 12.2. The first-order valence-corrected chi connectivity index (χ1v) is 7.67. The summed E-state index contributed by atoms with van der Waals surface area (Å²) in [5.41, 5.74) is 4.16. The Morgan fingerprint density at radius 1 is 1.00 bits per heavy atom. The van der Waals surface area contributed by atoms with Gasteiger partial charge >= 0.3 is 0 Å². The third-order valence-corrected chi connectivity index (χ3v) is 3.73. The molecule has 0 saturated heterocycles. The molecule has 0 fully saturated rings. The van der Waals surface area contributed by atoms with Crippen LogP contribution >= 0.6 is 0 Å². The fourth-order valence-corrected chi connectivity index (χ4v) is 2.33. The molecule has 3 aromatic rings. The summed E-state index contributed by atoms with van der Waals surface area (Å²) in [6.07, 6.45) is 4.88. The van der Waals surface area contributed by atoms with E-state index in [0.717, 1.165) is 16.6 Å². The van der Waals surface area contributed by atoms with Crippen LogP contribution in [0.25, 0.3) is 17.1 Å². The molecule has 0 spiro atoms. The van der Waals surface area contributed by atoms with Gasteiger partial charge < -0.3 is 0 Å². The van der Waals surface area contributed by atoms with Crippen molar-refractivity contribution in [2.45, 2.75) is 19.8 Å². The lowest BCUT2D eigenvalue weighted by atomic mass is 10.0. The lowest BCUT2D eigenvalue weighted by Crippen LogP contribution is -1.99. The van der Waals surface area contributed by atoms with Crippen LogP contribution in [0.4, 0.5) is 0 Å². The van der Waals surface area contributed by atoms with Gasteiger partial charge in [-0.1, -0.05) is 56.3 Å². The largest absolute Gasteiger partial charge is 0.287 e. The molecule has 2 aromatic carbocycles. The summed E-state index contributed by atoms with van der Waals surface area (Å²) in [5.74, 6) is 0.360.